The second-order valence-corrected chi connectivity index (χ2v) is 3.77. The smallest absolute Gasteiger partial charge is 0.317 e. The molecule has 3 rings (SSSR count). The van der Waals surface area contributed by atoms with Crippen molar-refractivity contribution >= 4 is 5.97 Å². The Kier molecular flexibility index (Phi) is 0.978. The van der Waals surface area contributed by atoms with E-state index < -0.39 is 11.4 Å². The molecular formula is C11H8O2. The van der Waals surface area contributed by atoms with Crippen LogP contribution < -0.4 is 0 Å². The van der Waals surface area contributed by atoms with Gasteiger partial charge in [-0.2, -0.15) is 0 Å². The Balaban J connectivity index is 2.22. The molecule has 2 heteroatoms. The minimum absolute atomic E-state index is 0.603. The van der Waals surface area contributed by atoms with Crippen LogP contribution in [0.1, 0.15) is 6.42 Å². The van der Waals surface area contributed by atoms with Gasteiger partial charge in [0.1, 0.15) is 5.41 Å². The molecule has 0 saturated carbocycles. The van der Waals surface area contributed by atoms with E-state index in [0.717, 1.165) is 16.7 Å². The minimum atomic E-state index is -0.754. The Labute approximate surface area is 75.6 Å². The van der Waals surface area contributed by atoms with Crippen LogP contribution in [0.5, 0.6) is 0 Å². The fourth-order valence-corrected chi connectivity index (χ4v) is 2.20. The highest BCUT2D eigenvalue weighted by Gasteiger charge is 2.41. The van der Waals surface area contributed by atoms with Crippen molar-refractivity contribution in [3.05, 3.63) is 47.1 Å². The maximum Gasteiger partial charge on any atom is 0.317 e. The quantitative estimate of drug-likeness (QED) is 0.655. The molecule has 0 aromatic rings. The van der Waals surface area contributed by atoms with Gasteiger partial charge < -0.3 is 5.11 Å². The van der Waals surface area contributed by atoms with E-state index in [0.29, 0.717) is 6.42 Å². The molecule has 3 aliphatic carbocycles. The number of carbonyl (C=O) groups is 1. The molecule has 1 atom stereocenters. The lowest BCUT2D eigenvalue weighted by atomic mass is 9.75. The summed E-state index contributed by atoms with van der Waals surface area (Å²) < 4.78 is 0. The van der Waals surface area contributed by atoms with E-state index in [2.05, 4.69) is 12.2 Å². The Hall–Kier alpha value is -1.57. The first kappa shape index (κ1) is 6.89. The summed E-state index contributed by atoms with van der Waals surface area (Å²) in [7, 11) is 0. The van der Waals surface area contributed by atoms with Crippen molar-refractivity contribution in [2.45, 2.75) is 6.42 Å². The Morgan fingerprint density at radius 2 is 2.23 bits per heavy atom. The van der Waals surface area contributed by atoms with Gasteiger partial charge in [0.15, 0.2) is 0 Å². The van der Waals surface area contributed by atoms with E-state index >= 15 is 0 Å². The van der Waals surface area contributed by atoms with Crippen molar-refractivity contribution in [1.29, 1.82) is 0 Å². The molecule has 0 saturated heterocycles. The molecule has 0 heterocycles. The van der Waals surface area contributed by atoms with Gasteiger partial charge in [0.05, 0.1) is 0 Å². The maximum absolute atomic E-state index is 11.1. The van der Waals surface area contributed by atoms with Crippen molar-refractivity contribution in [2.24, 2.45) is 5.41 Å². The Morgan fingerprint density at radius 1 is 1.38 bits per heavy atom. The molecular weight excluding hydrogens is 164 g/mol. The van der Waals surface area contributed by atoms with Crippen LogP contribution in [0.15, 0.2) is 47.1 Å². The molecule has 3 aliphatic rings. The molecule has 0 radical (unpaired) electrons. The maximum atomic E-state index is 11.1. The predicted molar refractivity (Wildman–Crippen MR) is 48.1 cm³/mol. The number of aliphatic carboxylic acids is 1. The van der Waals surface area contributed by atoms with Crippen LogP contribution in [0.3, 0.4) is 0 Å². The Morgan fingerprint density at radius 3 is 3.00 bits per heavy atom. The molecule has 0 aliphatic heterocycles. The second kappa shape index (κ2) is 1.84. The SMILES string of the molecule is O=C(O)C12C=CC3=CC(=CC3=C1)C2. The van der Waals surface area contributed by atoms with E-state index in [1.807, 2.05) is 12.2 Å². The van der Waals surface area contributed by atoms with Gasteiger partial charge in [-0.3, -0.25) is 4.79 Å². The van der Waals surface area contributed by atoms with Gasteiger partial charge >= 0.3 is 5.97 Å². The molecule has 64 valence electrons. The fraction of sp³-hybridized carbons (Fsp3) is 0.182. The molecule has 1 N–H and O–H groups in total. The van der Waals surface area contributed by atoms with Crippen LogP contribution in [0.25, 0.3) is 0 Å². The highest BCUT2D eigenvalue weighted by Crippen LogP contribution is 2.46. The summed E-state index contributed by atoms with van der Waals surface area (Å²) in [5, 5.41) is 9.13. The summed E-state index contributed by atoms with van der Waals surface area (Å²) >= 11 is 0. The van der Waals surface area contributed by atoms with Crippen LogP contribution in [-0.4, -0.2) is 11.1 Å². The molecule has 3 bridgehead atoms. The van der Waals surface area contributed by atoms with Crippen molar-refractivity contribution in [2.75, 3.05) is 0 Å². The molecule has 0 amide bonds. The van der Waals surface area contributed by atoms with E-state index in [1.165, 1.54) is 0 Å². The van der Waals surface area contributed by atoms with Crippen LogP contribution >= 0.6 is 0 Å². The third-order valence-electron chi connectivity index (χ3n) is 2.88. The summed E-state index contributed by atoms with van der Waals surface area (Å²) in [6.45, 7) is 0. The third kappa shape index (κ3) is 0.705. The lowest BCUT2D eigenvalue weighted by molar-refractivity contribution is -0.143. The largest absolute Gasteiger partial charge is 0.480 e. The van der Waals surface area contributed by atoms with Crippen molar-refractivity contribution < 1.29 is 9.90 Å². The number of hydrogen-bond acceptors (Lipinski definition) is 1. The number of rotatable bonds is 1. The van der Waals surface area contributed by atoms with Gasteiger partial charge in [0.2, 0.25) is 0 Å². The first-order chi connectivity index (χ1) is 6.20. The number of hydrogen-bond donors (Lipinski definition) is 1. The van der Waals surface area contributed by atoms with E-state index in [1.54, 1.807) is 6.08 Å². The number of carboxylic acid groups (broad SMARTS) is 1. The summed E-state index contributed by atoms with van der Waals surface area (Å²) in [5.41, 5.74) is 2.62. The van der Waals surface area contributed by atoms with Crippen LogP contribution in [0.4, 0.5) is 0 Å². The van der Waals surface area contributed by atoms with Gasteiger partial charge in [-0.15, -0.1) is 0 Å². The zero-order valence-corrected chi connectivity index (χ0v) is 6.95. The van der Waals surface area contributed by atoms with Gasteiger partial charge in [-0.25, -0.2) is 0 Å². The summed E-state index contributed by atoms with van der Waals surface area (Å²) in [6, 6.07) is 0. The van der Waals surface area contributed by atoms with E-state index in [-0.39, 0.29) is 0 Å². The first-order valence-electron chi connectivity index (χ1n) is 4.28. The second-order valence-electron chi connectivity index (χ2n) is 3.77. The zero-order valence-electron chi connectivity index (χ0n) is 6.95. The minimum Gasteiger partial charge on any atom is -0.480 e. The third-order valence-corrected chi connectivity index (χ3v) is 2.88. The van der Waals surface area contributed by atoms with Gasteiger partial charge in [0, 0.05) is 0 Å². The van der Waals surface area contributed by atoms with Crippen LogP contribution in [0, 0.1) is 5.41 Å². The van der Waals surface area contributed by atoms with Gasteiger partial charge in [-0.05, 0) is 23.1 Å². The molecule has 0 aromatic carbocycles. The highest BCUT2D eigenvalue weighted by molar-refractivity contribution is 5.85. The molecule has 1 unspecified atom stereocenters. The van der Waals surface area contributed by atoms with Gasteiger partial charge in [-0.1, -0.05) is 30.4 Å². The molecule has 0 fully saturated rings. The number of allylic oxidation sites excluding steroid dienone is 6. The summed E-state index contributed by atoms with van der Waals surface area (Å²) in [4.78, 5) is 11.1. The zero-order chi connectivity index (χ0) is 9.05. The molecule has 0 spiro atoms. The summed E-state index contributed by atoms with van der Waals surface area (Å²) in [6.07, 6.45) is 10.3. The molecule has 13 heavy (non-hydrogen) atoms. The van der Waals surface area contributed by atoms with Crippen molar-refractivity contribution in [3.8, 4) is 0 Å². The van der Waals surface area contributed by atoms with Crippen molar-refractivity contribution in [3.63, 3.8) is 0 Å². The normalized spacial score (nSPS) is 32.8. The van der Waals surface area contributed by atoms with Crippen LogP contribution in [0.2, 0.25) is 0 Å². The van der Waals surface area contributed by atoms with E-state index in [9.17, 15) is 4.79 Å². The standard InChI is InChI=1S/C11H8O2/c12-10(13)11-2-1-8-3-7(5-11)4-9(8)6-11/h1-4,6H,5H2,(H,12,13). The predicted octanol–water partition coefficient (Wildman–Crippen LogP) is 1.82. The lowest BCUT2D eigenvalue weighted by Gasteiger charge is -2.27. The summed E-state index contributed by atoms with van der Waals surface area (Å²) in [5.74, 6) is -0.749. The number of fused-ring (bicyclic) bond motifs is 1. The molecule has 2 nitrogen and oxygen atoms in total. The van der Waals surface area contributed by atoms with Crippen molar-refractivity contribution in [1.82, 2.24) is 0 Å². The van der Waals surface area contributed by atoms with E-state index in [4.69, 9.17) is 5.11 Å². The van der Waals surface area contributed by atoms with Crippen LogP contribution in [-0.2, 0) is 4.79 Å². The highest BCUT2D eigenvalue weighted by atomic mass is 16.4. The van der Waals surface area contributed by atoms with Gasteiger partial charge in [0.25, 0.3) is 0 Å². The first-order valence-corrected chi connectivity index (χ1v) is 4.28. The topological polar surface area (TPSA) is 37.3 Å². The Bertz CT molecular complexity index is 435. The monoisotopic (exact) mass is 172 g/mol. The lowest BCUT2D eigenvalue weighted by Crippen LogP contribution is -2.29. The number of carboxylic acids is 1. The average Bonchev–Trinajstić information content (AvgIpc) is 2.28. The fourth-order valence-electron chi connectivity index (χ4n) is 2.20. The average molecular weight is 172 g/mol. The molecule has 0 aromatic heterocycles.